The summed E-state index contributed by atoms with van der Waals surface area (Å²) in [5, 5.41) is 10.1. The smallest absolute Gasteiger partial charge is 0.322 e. The molecule has 0 aliphatic heterocycles. The summed E-state index contributed by atoms with van der Waals surface area (Å²) in [6.45, 7) is 2.12. The quantitative estimate of drug-likeness (QED) is 0.835. The number of benzene rings is 1. The van der Waals surface area contributed by atoms with Crippen LogP contribution in [0.4, 0.5) is 6.01 Å². The lowest BCUT2D eigenvalue weighted by atomic mass is 10.3. The van der Waals surface area contributed by atoms with Gasteiger partial charge in [0.15, 0.2) is 6.10 Å². The molecule has 1 aromatic heterocycles. The van der Waals surface area contributed by atoms with Crippen LogP contribution in [0, 0.1) is 0 Å². The number of hydrogen-bond donors (Lipinski definition) is 1. The van der Waals surface area contributed by atoms with Crippen LogP contribution in [0.2, 0.25) is 0 Å². The number of ether oxygens (including phenoxy) is 2. The number of carbonyl (C=O) groups excluding carboxylic acids is 1. The van der Waals surface area contributed by atoms with Gasteiger partial charge in [-0.05, 0) is 19.1 Å². The highest BCUT2D eigenvalue weighted by molar-refractivity contribution is 5.92. The van der Waals surface area contributed by atoms with E-state index in [1.165, 1.54) is 0 Å². The molecule has 1 heterocycles. The van der Waals surface area contributed by atoms with E-state index in [4.69, 9.17) is 13.9 Å². The molecule has 1 amide bonds. The van der Waals surface area contributed by atoms with E-state index in [1.807, 2.05) is 18.2 Å². The zero-order valence-corrected chi connectivity index (χ0v) is 11.9. The molecule has 0 aliphatic rings. The number of nitrogens with zero attached hydrogens (tertiary/aromatic N) is 2. The molecular formula is C14H17N3O4. The van der Waals surface area contributed by atoms with Crippen molar-refractivity contribution in [1.29, 1.82) is 0 Å². The number of hydrogen-bond acceptors (Lipinski definition) is 6. The van der Waals surface area contributed by atoms with E-state index in [1.54, 1.807) is 26.2 Å². The Kier molecular flexibility index (Phi) is 5.28. The van der Waals surface area contributed by atoms with E-state index < -0.39 is 6.10 Å². The summed E-state index contributed by atoms with van der Waals surface area (Å²) in [7, 11) is 1.58. The van der Waals surface area contributed by atoms with Crippen molar-refractivity contribution in [2.24, 2.45) is 0 Å². The van der Waals surface area contributed by atoms with E-state index in [0.717, 1.165) is 0 Å². The standard InChI is InChI=1S/C14H17N3O4/c1-10(20-11-6-4-3-5-7-11)13(18)15-14-17-16-12(21-14)8-9-19-2/h3-7,10H,8-9H2,1-2H3,(H,15,17,18)/t10-/m0/s1. The largest absolute Gasteiger partial charge is 0.481 e. The molecule has 1 aromatic carbocycles. The van der Waals surface area contributed by atoms with Crippen molar-refractivity contribution in [1.82, 2.24) is 10.2 Å². The first-order chi connectivity index (χ1) is 10.2. The average Bonchev–Trinajstić information content (AvgIpc) is 2.93. The number of carbonyl (C=O) groups is 1. The number of anilines is 1. The molecule has 1 N–H and O–H groups in total. The molecule has 2 aromatic rings. The van der Waals surface area contributed by atoms with Gasteiger partial charge in [0, 0.05) is 13.5 Å². The van der Waals surface area contributed by atoms with Gasteiger partial charge in [-0.3, -0.25) is 10.1 Å². The van der Waals surface area contributed by atoms with Crippen LogP contribution in [0.5, 0.6) is 5.75 Å². The van der Waals surface area contributed by atoms with Gasteiger partial charge in [0.05, 0.1) is 6.61 Å². The van der Waals surface area contributed by atoms with Gasteiger partial charge < -0.3 is 13.9 Å². The minimum absolute atomic E-state index is 0.0506. The van der Waals surface area contributed by atoms with Crippen molar-refractivity contribution >= 4 is 11.9 Å². The zero-order valence-electron chi connectivity index (χ0n) is 11.9. The molecular weight excluding hydrogens is 274 g/mol. The second-order valence-corrected chi connectivity index (χ2v) is 4.31. The van der Waals surface area contributed by atoms with Crippen molar-refractivity contribution < 1.29 is 18.7 Å². The number of amides is 1. The van der Waals surface area contributed by atoms with Gasteiger partial charge >= 0.3 is 6.01 Å². The Hall–Kier alpha value is -2.41. The summed E-state index contributed by atoms with van der Waals surface area (Å²) in [5.74, 6) is 0.663. The lowest BCUT2D eigenvalue weighted by Crippen LogP contribution is -2.30. The fraction of sp³-hybridized carbons (Fsp3) is 0.357. The molecule has 7 heteroatoms. The normalized spacial score (nSPS) is 11.9. The maximum Gasteiger partial charge on any atom is 0.322 e. The van der Waals surface area contributed by atoms with Crippen LogP contribution in [0.1, 0.15) is 12.8 Å². The lowest BCUT2D eigenvalue weighted by Gasteiger charge is -2.12. The van der Waals surface area contributed by atoms with Gasteiger partial charge in [-0.25, -0.2) is 0 Å². The van der Waals surface area contributed by atoms with Crippen LogP contribution in [0.3, 0.4) is 0 Å². The Labute approximate surface area is 122 Å². The van der Waals surface area contributed by atoms with Crippen LogP contribution >= 0.6 is 0 Å². The average molecular weight is 291 g/mol. The fourth-order valence-corrected chi connectivity index (χ4v) is 1.56. The molecule has 0 saturated heterocycles. The molecule has 2 rings (SSSR count). The van der Waals surface area contributed by atoms with E-state index in [9.17, 15) is 4.79 Å². The molecule has 0 unspecified atom stereocenters. The number of aromatic nitrogens is 2. The molecule has 21 heavy (non-hydrogen) atoms. The molecule has 0 fully saturated rings. The molecule has 112 valence electrons. The van der Waals surface area contributed by atoms with Crippen molar-refractivity contribution in [2.75, 3.05) is 19.0 Å². The Balaban J connectivity index is 1.87. The van der Waals surface area contributed by atoms with Gasteiger partial charge in [-0.2, -0.15) is 0 Å². The number of rotatable bonds is 7. The fourth-order valence-electron chi connectivity index (χ4n) is 1.56. The van der Waals surface area contributed by atoms with Gasteiger partial charge in [-0.1, -0.05) is 23.3 Å². The lowest BCUT2D eigenvalue weighted by molar-refractivity contribution is -0.122. The van der Waals surface area contributed by atoms with Gasteiger partial charge in [0.25, 0.3) is 5.91 Å². The Morgan fingerprint density at radius 3 is 2.81 bits per heavy atom. The zero-order chi connectivity index (χ0) is 15.1. The summed E-state index contributed by atoms with van der Waals surface area (Å²) < 4.78 is 15.7. The summed E-state index contributed by atoms with van der Waals surface area (Å²) in [6, 6.07) is 9.14. The minimum Gasteiger partial charge on any atom is -0.481 e. The first-order valence-electron chi connectivity index (χ1n) is 6.53. The van der Waals surface area contributed by atoms with Crippen molar-refractivity contribution in [3.05, 3.63) is 36.2 Å². The first-order valence-corrected chi connectivity index (χ1v) is 6.53. The topological polar surface area (TPSA) is 86.5 Å². The first kappa shape index (κ1) is 15.0. The highest BCUT2D eigenvalue weighted by Crippen LogP contribution is 2.12. The molecule has 0 spiro atoms. The second kappa shape index (κ2) is 7.39. The van der Waals surface area contributed by atoms with Crippen LogP contribution < -0.4 is 10.1 Å². The van der Waals surface area contributed by atoms with Crippen LogP contribution in [-0.4, -0.2) is 35.9 Å². The van der Waals surface area contributed by atoms with Crippen molar-refractivity contribution in [2.45, 2.75) is 19.4 Å². The number of nitrogens with one attached hydrogen (secondary N) is 1. The molecule has 0 bridgehead atoms. The second-order valence-electron chi connectivity index (χ2n) is 4.31. The molecule has 1 atom stereocenters. The Morgan fingerprint density at radius 2 is 2.10 bits per heavy atom. The van der Waals surface area contributed by atoms with Gasteiger partial charge in [0.2, 0.25) is 5.89 Å². The highest BCUT2D eigenvalue weighted by atomic mass is 16.5. The molecule has 7 nitrogen and oxygen atoms in total. The van der Waals surface area contributed by atoms with Crippen LogP contribution in [0.15, 0.2) is 34.7 Å². The Morgan fingerprint density at radius 1 is 1.33 bits per heavy atom. The summed E-state index contributed by atoms with van der Waals surface area (Å²) in [5.41, 5.74) is 0. The number of para-hydroxylation sites is 1. The number of methoxy groups -OCH3 is 1. The van der Waals surface area contributed by atoms with Crippen molar-refractivity contribution in [3.63, 3.8) is 0 Å². The Bertz CT molecular complexity index is 571. The van der Waals surface area contributed by atoms with E-state index >= 15 is 0 Å². The van der Waals surface area contributed by atoms with Crippen LogP contribution in [0.25, 0.3) is 0 Å². The third-order valence-corrected chi connectivity index (χ3v) is 2.64. The minimum atomic E-state index is -0.679. The van der Waals surface area contributed by atoms with E-state index in [2.05, 4.69) is 15.5 Å². The van der Waals surface area contributed by atoms with Crippen LogP contribution in [-0.2, 0) is 16.0 Å². The molecule has 0 aliphatic carbocycles. The summed E-state index contributed by atoms with van der Waals surface area (Å²) in [4.78, 5) is 12.0. The van der Waals surface area contributed by atoms with Gasteiger partial charge in [-0.15, -0.1) is 5.10 Å². The monoisotopic (exact) mass is 291 g/mol. The third kappa shape index (κ3) is 4.57. The molecule has 0 saturated carbocycles. The van der Waals surface area contributed by atoms with Crippen molar-refractivity contribution in [3.8, 4) is 5.75 Å². The third-order valence-electron chi connectivity index (χ3n) is 2.64. The van der Waals surface area contributed by atoms with E-state index in [-0.39, 0.29) is 11.9 Å². The summed E-state index contributed by atoms with van der Waals surface area (Å²) in [6.07, 6.45) is -0.183. The SMILES string of the molecule is COCCc1nnc(NC(=O)[C@H](C)Oc2ccccc2)o1. The summed E-state index contributed by atoms with van der Waals surface area (Å²) >= 11 is 0. The molecule has 0 radical (unpaired) electrons. The van der Waals surface area contributed by atoms with E-state index in [0.29, 0.717) is 24.7 Å². The highest BCUT2D eigenvalue weighted by Gasteiger charge is 2.17. The predicted molar refractivity (Wildman–Crippen MR) is 75.0 cm³/mol. The van der Waals surface area contributed by atoms with Gasteiger partial charge in [0.1, 0.15) is 5.75 Å². The maximum absolute atomic E-state index is 12.0. The predicted octanol–water partition coefficient (Wildman–Crippen LogP) is 1.66. The maximum atomic E-state index is 12.0.